The molecule has 0 atom stereocenters. The fraction of sp³-hybridized carbons (Fsp3) is 0.143. The SMILES string of the molecule is CC1=C(c2ccc(F)cc2F)N2NC(c3ccc(C(F)(F)F)cc3)=CC(=O)C2=NC1. The minimum Gasteiger partial charge on any atom is -0.292 e. The monoisotopic (exact) mass is 419 g/mol. The van der Waals surface area contributed by atoms with Gasteiger partial charge in [-0.1, -0.05) is 12.1 Å². The van der Waals surface area contributed by atoms with Crippen molar-refractivity contribution in [3.63, 3.8) is 0 Å². The van der Waals surface area contributed by atoms with Crippen LogP contribution >= 0.6 is 0 Å². The highest BCUT2D eigenvalue weighted by Crippen LogP contribution is 2.33. The smallest absolute Gasteiger partial charge is 0.292 e. The minimum absolute atomic E-state index is 0.00925. The Bertz CT molecular complexity index is 1130. The van der Waals surface area contributed by atoms with Gasteiger partial charge < -0.3 is 0 Å². The second-order valence-electron chi connectivity index (χ2n) is 6.84. The maximum absolute atomic E-state index is 14.5. The van der Waals surface area contributed by atoms with Crippen molar-refractivity contribution in [3.8, 4) is 0 Å². The lowest BCUT2D eigenvalue weighted by molar-refractivity contribution is -0.137. The molecular weight excluding hydrogens is 405 g/mol. The second kappa shape index (κ2) is 7.08. The molecular formula is C21H14F5N3O. The number of amidine groups is 1. The number of hydrogen-bond acceptors (Lipinski definition) is 4. The van der Waals surface area contributed by atoms with Crippen LogP contribution in [-0.2, 0) is 11.0 Å². The quantitative estimate of drug-likeness (QED) is 0.727. The highest BCUT2D eigenvalue weighted by atomic mass is 19.4. The molecule has 0 aromatic heterocycles. The summed E-state index contributed by atoms with van der Waals surface area (Å²) in [4.78, 5) is 16.8. The first kappa shape index (κ1) is 19.8. The molecule has 1 N–H and O–H groups in total. The molecule has 0 saturated carbocycles. The first-order chi connectivity index (χ1) is 14.1. The fourth-order valence-electron chi connectivity index (χ4n) is 3.30. The Labute approximate surface area is 168 Å². The van der Waals surface area contributed by atoms with Crippen LogP contribution in [0.1, 0.15) is 23.6 Å². The summed E-state index contributed by atoms with van der Waals surface area (Å²) in [6, 6.07) is 7.37. The van der Waals surface area contributed by atoms with Crippen molar-refractivity contribution in [2.45, 2.75) is 13.1 Å². The zero-order valence-electron chi connectivity index (χ0n) is 15.5. The lowest BCUT2D eigenvalue weighted by atomic mass is 10.0. The molecule has 0 aliphatic carbocycles. The molecule has 2 aliphatic rings. The molecule has 0 unspecified atom stereocenters. The molecule has 4 rings (SSSR count). The Morgan fingerprint density at radius 3 is 2.40 bits per heavy atom. The number of rotatable bonds is 2. The average Bonchev–Trinajstić information content (AvgIpc) is 2.68. The van der Waals surface area contributed by atoms with Crippen LogP contribution < -0.4 is 5.43 Å². The van der Waals surface area contributed by atoms with E-state index in [9.17, 15) is 26.7 Å². The molecule has 0 bridgehead atoms. The number of ketones is 1. The zero-order valence-corrected chi connectivity index (χ0v) is 15.5. The minimum atomic E-state index is -4.48. The highest BCUT2D eigenvalue weighted by Gasteiger charge is 2.34. The van der Waals surface area contributed by atoms with E-state index in [2.05, 4.69) is 10.4 Å². The first-order valence-corrected chi connectivity index (χ1v) is 8.85. The number of benzene rings is 2. The molecule has 9 heteroatoms. The topological polar surface area (TPSA) is 44.7 Å². The molecule has 30 heavy (non-hydrogen) atoms. The molecule has 2 aromatic rings. The largest absolute Gasteiger partial charge is 0.416 e. The molecule has 0 radical (unpaired) electrons. The van der Waals surface area contributed by atoms with Gasteiger partial charge in [-0.3, -0.25) is 15.2 Å². The molecule has 2 aromatic carbocycles. The Morgan fingerprint density at radius 2 is 1.77 bits per heavy atom. The molecule has 2 aliphatic heterocycles. The van der Waals surface area contributed by atoms with Crippen molar-refractivity contribution in [2.75, 3.05) is 6.54 Å². The number of nitrogens with one attached hydrogen (secondary N) is 1. The molecule has 0 saturated heterocycles. The summed E-state index contributed by atoms with van der Waals surface area (Å²) in [7, 11) is 0. The van der Waals surface area contributed by atoms with E-state index in [0.29, 0.717) is 16.8 Å². The number of hydrazine groups is 1. The highest BCUT2D eigenvalue weighted by molar-refractivity contribution is 6.46. The van der Waals surface area contributed by atoms with Crippen LogP contribution in [0.3, 0.4) is 0 Å². The number of carbonyl (C=O) groups excluding carboxylic acids is 1. The maximum atomic E-state index is 14.5. The number of halogens is 5. The van der Waals surface area contributed by atoms with E-state index in [-0.39, 0.29) is 23.6 Å². The molecule has 0 fully saturated rings. The maximum Gasteiger partial charge on any atom is 0.416 e. The average molecular weight is 419 g/mol. The molecule has 0 spiro atoms. The predicted octanol–water partition coefficient (Wildman–Crippen LogP) is 4.56. The van der Waals surface area contributed by atoms with Crippen LogP contribution in [0.25, 0.3) is 11.4 Å². The number of carbonyl (C=O) groups is 1. The summed E-state index contributed by atoms with van der Waals surface area (Å²) in [5.41, 5.74) is 3.64. The van der Waals surface area contributed by atoms with E-state index < -0.39 is 29.2 Å². The Kier molecular flexibility index (Phi) is 4.68. The van der Waals surface area contributed by atoms with E-state index in [1.807, 2.05) is 0 Å². The number of alkyl halides is 3. The Balaban J connectivity index is 1.73. The van der Waals surface area contributed by atoms with Crippen LogP contribution in [0.2, 0.25) is 0 Å². The second-order valence-corrected chi connectivity index (χ2v) is 6.84. The van der Waals surface area contributed by atoms with Crippen molar-refractivity contribution >= 4 is 23.0 Å². The van der Waals surface area contributed by atoms with Crippen molar-refractivity contribution in [1.29, 1.82) is 0 Å². The van der Waals surface area contributed by atoms with Gasteiger partial charge in [-0.05, 0) is 42.3 Å². The van der Waals surface area contributed by atoms with E-state index in [1.54, 1.807) is 6.92 Å². The zero-order chi connectivity index (χ0) is 21.6. The van der Waals surface area contributed by atoms with E-state index in [1.165, 1.54) is 29.3 Å². The molecule has 0 amide bonds. The standard InChI is InChI=1S/C21H14F5N3O/c1-11-10-27-20-18(30)9-17(12-2-4-13(5-3-12)21(24,25)26)28-29(20)19(11)15-7-6-14(22)8-16(15)23/h2-9,28H,10H2,1H3. The van der Waals surface area contributed by atoms with Crippen LogP contribution in [0.5, 0.6) is 0 Å². The third-order valence-corrected chi connectivity index (χ3v) is 4.74. The van der Waals surface area contributed by atoms with E-state index in [4.69, 9.17) is 0 Å². The lowest BCUT2D eigenvalue weighted by Crippen LogP contribution is -2.49. The van der Waals surface area contributed by atoms with Crippen molar-refractivity contribution in [3.05, 3.63) is 82.4 Å². The molecule has 2 heterocycles. The Hall–Kier alpha value is -3.49. The van der Waals surface area contributed by atoms with Crippen molar-refractivity contribution < 1.29 is 26.7 Å². The van der Waals surface area contributed by atoms with E-state index in [0.717, 1.165) is 24.3 Å². The third kappa shape index (κ3) is 3.47. The number of fused-ring (bicyclic) bond motifs is 1. The van der Waals surface area contributed by atoms with Crippen LogP contribution in [-0.4, -0.2) is 23.2 Å². The summed E-state index contributed by atoms with van der Waals surface area (Å²) < 4.78 is 66.3. The van der Waals surface area contributed by atoms with E-state index >= 15 is 0 Å². The number of nitrogens with zero attached hydrogens (tertiary/aromatic N) is 2. The van der Waals surface area contributed by atoms with Gasteiger partial charge in [0.25, 0.3) is 0 Å². The van der Waals surface area contributed by atoms with Gasteiger partial charge in [-0.15, -0.1) is 0 Å². The van der Waals surface area contributed by atoms with Crippen molar-refractivity contribution in [1.82, 2.24) is 10.4 Å². The van der Waals surface area contributed by atoms with Gasteiger partial charge in [-0.2, -0.15) is 13.2 Å². The summed E-state index contributed by atoms with van der Waals surface area (Å²) in [6.45, 7) is 1.84. The van der Waals surface area contributed by atoms with Crippen LogP contribution in [0.15, 0.2) is 59.1 Å². The van der Waals surface area contributed by atoms with Gasteiger partial charge in [0.15, 0.2) is 5.84 Å². The van der Waals surface area contributed by atoms with Gasteiger partial charge in [0.05, 0.1) is 23.5 Å². The summed E-state index contributed by atoms with van der Waals surface area (Å²) in [5.74, 6) is -2.04. The summed E-state index contributed by atoms with van der Waals surface area (Å²) in [5, 5.41) is 1.28. The van der Waals surface area contributed by atoms with Crippen LogP contribution in [0, 0.1) is 11.6 Å². The summed E-state index contributed by atoms with van der Waals surface area (Å²) in [6.07, 6.45) is -3.26. The van der Waals surface area contributed by atoms with Crippen LogP contribution in [0.4, 0.5) is 22.0 Å². The van der Waals surface area contributed by atoms with Gasteiger partial charge in [0, 0.05) is 17.7 Å². The normalized spacial score (nSPS) is 16.7. The van der Waals surface area contributed by atoms with Gasteiger partial charge in [0.2, 0.25) is 5.78 Å². The third-order valence-electron chi connectivity index (χ3n) is 4.74. The van der Waals surface area contributed by atoms with Gasteiger partial charge >= 0.3 is 6.18 Å². The lowest BCUT2D eigenvalue weighted by Gasteiger charge is -2.36. The first-order valence-electron chi connectivity index (χ1n) is 8.85. The fourth-order valence-corrected chi connectivity index (χ4v) is 3.30. The summed E-state index contributed by atoms with van der Waals surface area (Å²) >= 11 is 0. The Morgan fingerprint density at radius 1 is 1.07 bits per heavy atom. The van der Waals surface area contributed by atoms with Crippen molar-refractivity contribution in [2.24, 2.45) is 4.99 Å². The molecule has 154 valence electrons. The number of aliphatic imine (C=N–C) groups is 1. The predicted molar refractivity (Wildman–Crippen MR) is 101 cm³/mol. The van der Waals surface area contributed by atoms with Gasteiger partial charge in [-0.25, -0.2) is 13.8 Å². The molecule has 4 nitrogen and oxygen atoms in total. The number of hydrogen-bond donors (Lipinski definition) is 1. The van der Waals surface area contributed by atoms with Gasteiger partial charge in [0.1, 0.15) is 11.6 Å².